The topological polar surface area (TPSA) is 69.6 Å². The summed E-state index contributed by atoms with van der Waals surface area (Å²) in [4.78, 5) is 0. The molecule has 2 N–H and O–H groups in total. The molecule has 0 fully saturated rings. The predicted octanol–water partition coefficient (Wildman–Crippen LogP) is 1.44. The molecule has 0 saturated heterocycles. The van der Waals surface area contributed by atoms with Crippen LogP contribution in [-0.2, 0) is 12.3 Å². The van der Waals surface area contributed by atoms with Gasteiger partial charge in [-0.1, -0.05) is 13.8 Å². The van der Waals surface area contributed by atoms with E-state index in [-0.39, 0.29) is 0 Å². The van der Waals surface area contributed by atoms with Crippen molar-refractivity contribution in [1.29, 1.82) is 0 Å². The third-order valence-corrected chi connectivity index (χ3v) is 3.83. The Bertz CT molecular complexity index is 288. The lowest BCUT2D eigenvalue weighted by Gasteiger charge is -2.07. The fraction of sp³-hybridized carbons (Fsp3) is 0.900. The summed E-state index contributed by atoms with van der Waals surface area (Å²) < 4.78 is 1.89. The molecule has 0 aromatic carbocycles. The standard InChI is InChI=1S/C10H21N5S/c1-3-9(2)16-8-10-12-13-14-15(10)7-5-4-6-11/h9H,3-8,11H2,1-2H3. The monoisotopic (exact) mass is 243 g/mol. The normalized spacial score (nSPS) is 12.9. The van der Waals surface area contributed by atoms with Gasteiger partial charge in [0.25, 0.3) is 0 Å². The maximum atomic E-state index is 5.46. The van der Waals surface area contributed by atoms with E-state index in [1.54, 1.807) is 0 Å². The first-order valence-electron chi connectivity index (χ1n) is 5.84. The van der Waals surface area contributed by atoms with E-state index in [0.29, 0.717) is 5.25 Å². The van der Waals surface area contributed by atoms with Crippen LogP contribution in [0, 0.1) is 0 Å². The highest BCUT2D eigenvalue weighted by Gasteiger charge is 2.07. The molecule has 1 atom stereocenters. The Morgan fingerprint density at radius 2 is 2.25 bits per heavy atom. The minimum Gasteiger partial charge on any atom is -0.330 e. The smallest absolute Gasteiger partial charge is 0.161 e. The lowest BCUT2D eigenvalue weighted by Crippen LogP contribution is -2.08. The van der Waals surface area contributed by atoms with Crippen molar-refractivity contribution in [3.63, 3.8) is 0 Å². The van der Waals surface area contributed by atoms with Gasteiger partial charge in [-0.15, -0.1) is 5.10 Å². The van der Waals surface area contributed by atoms with E-state index >= 15 is 0 Å². The summed E-state index contributed by atoms with van der Waals surface area (Å²) in [5.41, 5.74) is 5.46. The Hall–Kier alpha value is -0.620. The third kappa shape index (κ3) is 4.49. The summed E-state index contributed by atoms with van der Waals surface area (Å²) in [7, 11) is 0. The average molecular weight is 243 g/mol. The fourth-order valence-electron chi connectivity index (χ4n) is 1.24. The first-order valence-corrected chi connectivity index (χ1v) is 6.89. The van der Waals surface area contributed by atoms with Crippen LogP contribution < -0.4 is 5.73 Å². The maximum absolute atomic E-state index is 5.46. The lowest BCUT2D eigenvalue weighted by molar-refractivity contribution is 0.532. The minimum atomic E-state index is 0.661. The van der Waals surface area contributed by atoms with Gasteiger partial charge in [-0.05, 0) is 36.2 Å². The van der Waals surface area contributed by atoms with Crippen molar-refractivity contribution in [3.05, 3.63) is 5.82 Å². The number of hydrogen-bond acceptors (Lipinski definition) is 5. The summed E-state index contributed by atoms with van der Waals surface area (Å²) in [6.45, 7) is 6.04. The fourth-order valence-corrected chi connectivity index (χ4v) is 2.12. The van der Waals surface area contributed by atoms with Crippen LogP contribution >= 0.6 is 11.8 Å². The third-order valence-electron chi connectivity index (χ3n) is 2.50. The Morgan fingerprint density at radius 1 is 1.44 bits per heavy atom. The second-order valence-corrected chi connectivity index (χ2v) is 5.27. The summed E-state index contributed by atoms with van der Waals surface area (Å²) in [5, 5.41) is 12.4. The lowest BCUT2D eigenvalue weighted by atomic mass is 10.3. The van der Waals surface area contributed by atoms with Crippen molar-refractivity contribution < 1.29 is 0 Å². The van der Waals surface area contributed by atoms with E-state index in [4.69, 9.17) is 5.73 Å². The highest BCUT2D eigenvalue weighted by molar-refractivity contribution is 7.99. The van der Waals surface area contributed by atoms with Crippen LogP contribution in [0.4, 0.5) is 0 Å². The molecule has 0 aliphatic carbocycles. The van der Waals surface area contributed by atoms with Crippen molar-refractivity contribution in [2.45, 2.75) is 50.7 Å². The van der Waals surface area contributed by atoms with E-state index in [0.717, 1.165) is 37.5 Å². The van der Waals surface area contributed by atoms with Crippen molar-refractivity contribution in [2.24, 2.45) is 5.73 Å². The van der Waals surface area contributed by atoms with E-state index in [1.807, 2.05) is 16.4 Å². The molecule has 1 aromatic heterocycles. The first kappa shape index (κ1) is 13.4. The number of tetrazole rings is 1. The quantitative estimate of drug-likeness (QED) is 0.700. The van der Waals surface area contributed by atoms with Gasteiger partial charge in [0.1, 0.15) is 0 Å². The number of hydrogen-bond donors (Lipinski definition) is 1. The van der Waals surface area contributed by atoms with Gasteiger partial charge in [-0.25, -0.2) is 4.68 Å². The molecule has 1 aromatic rings. The molecule has 1 heterocycles. The minimum absolute atomic E-state index is 0.661. The van der Waals surface area contributed by atoms with E-state index in [9.17, 15) is 0 Å². The van der Waals surface area contributed by atoms with Crippen LogP contribution in [0.1, 0.15) is 38.9 Å². The Kier molecular flexibility index (Phi) is 6.40. The molecule has 0 saturated carbocycles. The van der Waals surface area contributed by atoms with Gasteiger partial charge in [0.05, 0.1) is 5.75 Å². The molecule has 1 rings (SSSR count). The van der Waals surface area contributed by atoms with Gasteiger partial charge >= 0.3 is 0 Å². The molecule has 0 aliphatic rings. The second kappa shape index (κ2) is 7.62. The predicted molar refractivity (Wildman–Crippen MR) is 67.2 cm³/mol. The molecule has 0 radical (unpaired) electrons. The van der Waals surface area contributed by atoms with Crippen LogP contribution in [0.25, 0.3) is 0 Å². The zero-order valence-electron chi connectivity index (χ0n) is 10.1. The number of nitrogens with zero attached hydrogens (tertiary/aromatic N) is 4. The van der Waals surface area contributed by atoms with Crippen molar-refractivity contribution >= 4 is 11.8 Å². The van der Waals surface area contributed by atoms with Crippen LogP contribution in [0.2, 0.25) is 0 Å². The van der Waals surface area contributed by atoms with Gasteiger partial charge in [-0.2, -0.15) is 11.8 Å². The zero-order chi connectivity index (χ0) is 11.8. The molecule has 92 valence electrons. The summed E-state index contributed by atoms with van der Waals surface area (Å²) >= 11 is 1.90. The number of aromatic nitrogens is 4. The number of unbranched alkanes of at least 4 members (excludes halogenated alkanes) is 1. The molecular weight excluding hydrogens is 222 g/mol. The van der Waals surface area contributed by atoms with Gasteiger partial charge in [0.2, 0.25) is 0 Å². The molecule has 1 unspecified atom stereocenters. The number of aryl methyl sites for hydroxylation is 1. The van der Waals surface area contributed by atoms with E-state index in [2.05, 4.69) is 29.4 Å². The maximum Gasteiger partial charge on any atom is 0.161 e. The Labute approximate surface area is 101 Å². The van der Waals surface area contributed by atoms with Crippen molar-refractivity contribution in [1.82, 2.24) is 20.2 Å². The molecular formula is C10H21N5S. The van der Waals surface area contributed by atoms with Gasteiger partial charge in [0, 0.05) is 11.8 Å². The number of nitrogens with two attached hydrogens (primary N) is 1. The number of thioether (sulfide) groups is 1. The van der Waals surface area contributed by atoms with Gasteiger partial charge in [0.15, 0.2) is 5.82 Å². The first-order chi connectivity index (χ1) is 7.77. The van der Waals surface area contributed by atoms with Gasteiger partial charge in [-0.3, -0.25) is 0 Å². The second-order valence-electron chi connectivity index (χ2n) is 3.84. The van der Waals surface area contributed by atoms with Crippen molar-refractivity contribution in [3.8, 4) is 0 Å². The summed E-state index contributed by atoms with van der Waals surface area (Å²) in [5.74, 6) is 1.87. The van der Waals surface area contributed by atoms with Gasteiger partial charge < -0.3 is 5.73 Å². The van der Waals surface area contributed by atoms with Crippen LogP contribution in [0.5, 0.6) is 0 Å². The highest BCUT2D eigenvalue weighted by atomic mass is 32.2. The summed E-state index contributed by atoms with van der Waals surface area (Å²) in [6, 6.07) is 0. The van der Waals surface area contributed by atoms with E-state index < -0.39 is 0 Å². The Balaban J connectivity index is 2.37. The molecule has 6 heteroatoms. The average Bonchev–Trinajstić information content (AvgIpc) is 2.74. The molecule has 5 nitrogen and oxygen atoms in total. The Morgan fingerprint density at radius 3 is 2.94 bits per heavy atom. The number of rotatable bonds is 8. The molecule has 0 aliphatic heterocycles. The molecule has 0 bridgehead atoms. The van der Waals surface area contributed by atoms with Crippen LogP contribution in [-0.4, -0.2) is 32.0 Å². The summed E-state index contributed by atoms with van der Waals surface area (Å²) in [6.07, 6.45) is 3.25. The molecule has 0 spiro atoms. The highest BCUT2D eigenvalue weighted by Crippen LogP contribution is 2.18. The van der Waals surface area contributed by atoms with Crippen molar-refractivity contribution in [2.75, 3.05) is 6.54 Å². The SMILES string of the molecule is CCC(C)SCc1nnnn1CCCCN. The molecule has 16 heavy (non-hydrogen) atoms. The zero-order valence-corrected chi connectivity index (χ0v) is 10.9. The van der Waals surface area contributed by atoms with Crippen LogP contribution in [0.3, 0.4) is 0 Å². The van der Waals surface area contributed by atoms with Crippen LogP contribution in [0.15, 0.2) is 0 Å². The van der Waals surface area contributed by atoms with E-state index in [1.165, 1.54) is 6.42 Å². The molecule has 0 amide bonds. The largest absolute Gasteiger partial charge is 0.330 e.